The minimum Gasteiger partial charge on any atom is -0.495 e. The molecule has 1 rings (SSSR count). The highest BCUT2D eigenvalue weighted by Crippen LogP contribution is 2.28. The van der Waals surface area contributed by atoms with Crippen LogP contribution in [-0.2, 0) is 9.53 Å². The van der Waals surface area contributed by atoms with Gasteiger partial charge in [0.2, 0.25) is 0 Å². The molecule has 1 aromatic carbocycles. The number of amidine groups is 1. The number of benzene rings is 1. The Kier molecular flexibility index (Phi) is 5.45. The molecule has 20 heavy (non-hydrogen) atoms. The predicted molar refractivity (Wildman–Crippen MR) is 72.2 cm³/mol. The zero-order valence-electron chi connectivity index (χ0n) is 11.1. The van der Waals surface area contributed by atoms with Crippen LogP contribution in [0.15, 0.2) is 18.2 Å². The first kappa shape index (κ1) is 15.4. The van der Waals surface area contributed by atoms with Crippen LogP contribution >= 0.6 is 0 Å². The van der Waals surface area contributed by atoms with E-state index >= 15 is 0 Å². The van der Waals surface area contributed by atoms with Gasteiger partial charge < -0.3 is 14.8 Å². The molecule has 0 aliphatic heterocycles. The molecule has 0 fully saturated rings. The molecule has 0 heterocycles. The van der Waals surface area contributed by atoms with Gasteiger partial charge in [0.25, 0.3) is 5.69 Å². The van der Waals surface area contributed by atoms with E-state index in [9.17, 15) is 14.9 Å². The lowest BCUT2D eigenvalue weighted by Crippen LogP contribution is -2.18. The molecule has 0 saturated carbocycles. The van der Waals surface area contributed by atoms with Gasteiger partial charge in [0, 0.05) is 12.1 Å². The summed E-state index contributed by atoms with van der Waals surface area (Å²) in [5.74, 6) is -0.346. The van der Waals surface area contributed by atoms with Gasteiger partial charge in [0.15, 0.2) is 0 Å². The Morgan fingerprint density at radius 1 is 1.50 bits per heavy atom. The van der Waals surface area contributed by atoms with Crippen LogP contribution in [0.1, 0.15) is 13.3 Å². The number of carbonyl (C=O) groups excluding carboxylic acids is 1. The van der Waals surface area contributed by atoms with Gasteiger partial charge in [-0.2, -0.15) is 0 Å². The van der Waals surface area contributed by atoms with Crippen molar-refractivity contribution in [3.05, 3.63) is 28.3 Å². The number of hydrogen-bond acceptors (Lipinski definition) is 6. The molecular weight excluding hydrogens is 266 g/mol. The molecule has 0 radical (unpaired) electrons. The Balaban J connectivity index is 2.84. The quantitative estimate of drug-likeness (QED) is 0.271. The molecular formula is C12H15N3O5. The smallest absolute Gasteiger partial charge is 0.313 e. The summed E-state index contributed by atoms with van der Waals surface area (Å²) in [7, 11) is 1.40. The second-order valence-electron chi connectivity index (χ2n) is 3.73. The van der Waals surface area contributed by atoms with Crippen LogP contribution < -0.4 is 10.1 Å². The lowest BCUT2D eigenvalue weighted by Gasteiger charge is -2.11. The number of nitrogens with one attached hydrogen (secondary N) is 2. The van der Waals surface area contributed by atoms with Gasteiger partial charge in [0.1, 0.15) is 18.0 Å². The average molecular weight is 281 g/mol. The van der Waals surface area contributed by atoms with Crippen LogP contribution in [0, 0.1) is 15.5 Å². The van der Waals surface area contributed by atoms with Crippen molar-refractivity contribution in [1.82, 2.24) is 0 Å². The third kappa shape index (κ3) is 4.23. The summed E-state index contributed by atoms with van der Waals surface area (Å²) in [4.78, 5) is 21.4. The molecule has 1 aromatic rings. The summed E-state index contributed by atoms with van der Waals surface area (Å²) in [5, 5.41) is 21.0. The molecule has 0 amide bonds. The summed E-state index contributed by atoms with van der Waals surface area (Å²) in [6.45, 7) is 1.89. The first-order valence-corrected chi connectivity index (χ1v) is 5.80. The van der Waals surface area contributed by atoms with E-state index in [4.69, 9.17) is 14.9 Å². The van der Waals surface area contributed by atoms with Crippen LogP contribution in [0.4, 0.5) is 11.4 Å². The zero-order valence-corrected chi connectivity index (χ0v) is 11.1. The van der Waals surface area contributed by atoms with Crippen LogP contribution in [0.2, 0.25) is 0 Å². The number of esters is 1. The molecule has 0 aromatic heterocycles. The summed E-state index contributed by atoms with van der Waals surface area (Å²) < 4.78 is 9.74. The zero-order chi connectivity index (χ0) is 15.1. The van der Waals surface area contributed by atoms with Gasteiger partial charge in [-0.3, -0.25) is 20.3 Å². The van der Waals surface area contributed by atoms with E-state index in [0.717, 1.165) is 0 Å². The van der Waals surface area contributed by atoms with Crippen molar-refractivity contribution in [3.8, 4) is 5.75 Å². The number of ether oxygens (including phenoxy) is 2. The first-order valence-electron chi connectivity index (χ1n) is 5.80. The van der Waals surface area contributed by atoms with Crippen molar-refractivity contribution in [1.29, 1.82) is 5.41 Å². The highest BCUT2D eigenvalue weighted by Gasteiger charge is 2.14. The fourth-order valence-electron chi connectivity index (χ4n) is 1.47. The topological polar surface area (TPSA) is 115 Å². The van der Waals surface area contributed by atoms with Gasteiger partial charge in [-0.05, 0) is 13.0 Å². The number of non-ortho nitro benzene ring substituents is 1. The van der Waals surface area contributed by atoms with Crippen molar-refractivity contribution in [2.45, 2.75) is 13.3 Å². The number of nitrogens with zero attached hydrogens (tertiary/aromatic N) is 1. The monoisotopic (exact) mass is 281 g/mol. The largest absolute Gasteiger partial charge is 0.495 e. The van der Waals surface area contributed by atoms with Gasteiger partial charge in [-0.1, -0.05) is 0 Å². The molecule has 0 spiro atoms. The van der Waals surface area contributed by atoms with E-state index < -0.39 is 10.9 Å². The fourth-order valence-corrected chi connectivity index (χ4v) is 1.47. The Morgan fingerprint density at radius 3 is 2.75 bits per heavy atom. The van der Waals surface area contributed by atoms with Crippen molar-refractivity contribution in [3.63, 3.8) is 0 Å². The molecule has 0 atom stereocenters. The summed E-state index contributed by atoms with van der Waals surface area (Å²) in [6.07, 6.45) is -0.250. The van der Waals surface area contributed by atoms with Crippen LogP contribution in [-0.4, -0.2) is 30.4 Å². The molecule has 108 valence electrons. The van der Waals surface area contributed by atoms with Gasteiger partial charge in [0.05, 0.1) is 24.3 Å². The number of nitro benzene ring substituents is 1. The molecule has 0 unspecified atom stereocenters. The Morgan fingerprint density at radius 2 is 2.20 bits per heavy atom. The molecule has 0 aliphatic rings. The average Bonchev–Trinajstić information content (AvgIpc) is 2.38. The van der Waals surface area contributed by atoms with Crippen LogP contribution in [0.3, 0.4) is 0 Å². The second-order valence-corrected chi connectivity index (χ2v) is 3.73. The third-order valence-electron chi connectivity index (χ3n) is 2.31. The highest BCUT2D eigenvalue weighted by molar-refractivity contribution is 6.04. The number of methoxy groups -OCH3 is 1. The van der Waals surface area contributed by atoms with E-state index in [-0.39, 0.29) is 30.2 Å². The lowest BCUT2D eigenvalue weighted by molar-refractivity contribution is -0.384. The molecule has 2 N–H and O–H groups in total. The van der Waals surface area contributed by atoms with E-state index in [0.29, 0.717) is 5.75 Å². The van der Waals surface area contributed by atoms with Crippen LogP contribution in [0.5, 0.6) is 5.75 Å². The maximum Gasteiger partial charge on any atom is 0.313 e. The number of anilines is 1. The Hall–Kier alpha value is -2.64. The van der Waals surface area contributed by atoms with Crippen LogP contribution in [0.25, 0.3) is 0 Å². The Bertz CT molecular complexity index is 530. The minimum atomic E-state index is -0.556. The third-order valence-corrected chi connectivity index (χ3v) is 2.31. The predicted octanol–water partition coefficient (Wildman–Crippen LogP) is 1.95. The standard InChI is InChI=1S/C12H15N3O5/c1-3-20-12(16)7-11(13)14-9-6-8(15(17)18)4-5-10(9)19-2/h4-6H,3,7H2,1-2H3,(H2,13,14). The van der Waals surface area contributed by atoms with Crippen molar-refractivity contribution in [2.75, 3.05) is 19.0 Å². The second kappa shape index (κ2) is 7.07. The molecule has 8 heteroatoms. The van der Waals surface area contributed by atoms with Gasteiger partial charge in [-0.25, -0.2) is 0 Å². The number of nitro groups is 1. The molecule has 0 saturated heterocycles. The summed E-state index contributed by atoms with van der Waals surface area (Å²) in [6, 6.07) is 3.94. The molecule has 0 bridgehead atoms. The maximum absolute atomic E-state index is 11.2. The Labute approximate surface area is 115 Å². The normalized spacial score (nSPS) is 9.70. The molecule has 8 nitrogen and oxygen atoms in total. The van der Waals surface area contributed by atoms with Gasteiger partial charge in [-0.15, -0.1) is 0 Å². The highest BCUT2D eigenvalue weighted by atomic mass is 16.6. The van der Waals surface area contributed by atoms with Crippen molar-refractivity contribution >= 4 is 23.2 Å². The number of hydrogen-bond donors (Lipinski definition) is 2. The molecule has 0 aliphatic carbocycles. The number of carbonyl (C=O) groups is 1. The summed E-state index contributed by atoms with van der Waals surface area (Å²) >= 11 is 0. The first-order chi connectivity index (χ1) is 9.47. The lowest BCUT2D eigenvalue weighted by atomic mass is 10.2. The van der Waals surface area contributed by atoms with Crippen molar-refractivity contribution < 1.29 is 19.2 Å². The SMILES string of the molecule is CCOC(=O)CC(=N)Nc1cc([N+](=O)[O-])ccc1OC. The minimum absolute atomic E-state index is 0.137. The van der Waals surface area contributed by atoms with E-state index in [2.05, 4.69) is 5.32 Å². The van der Waals surface area contributed by atoms with E-state index in [1.54, 1.807) is 6.92 Å². The van der Waals surface area contributed by atoms with Gasteiger partial charge >= 0.3 is 5.97 Å². The van der Waals surface area contributed by atoms with E-state index in [1.165, 1.54) is 25.3 Å². The number of rotatable bonds is 6. The maximum atomic E-state index is 11.2. The van der Waals surface area contributed by atoms with Crippen molar-refractivity contribution in [2.24, 2.45) is 0 Å². The van der Waals surface area contributed by atoms with E-state index in [1.807, 2.05) is 0 Å². The summed E-state index contributed by atoms with van der Waals surface area (Å²) in [5.41, 5.74) is 0.105. The fraction of sp³-hybridized carbons (Fsp3) is 0.333.